The van der Waals surface area contributed by atoms with Gasteiger partial charge in [-0.25, -0.2) is 24.9 Å². The molecule has 0 aliphatic carbocycles. The highest BCUT2D eigenvalue weighted by molar-refractivity contribution is 5.80. The van der Waals surface area contributed by atoms with Crippen LogP contribution in [0.3, 0.4) is 0 Å². The van der Waals surface area contributed by atoms with Crippen molar-refractivity contribution in [3.8, 4) is 11.8 Å². The summed E-state index contributed by atoms with van der Waals surface area (Å²) in [5.74, 6) is 0.301. The van der Waals surface area contributed by atoms with E-state index in [2.05, 4.69) is 24.9 Å². The van der Waals surface area contributed by atoms with Crippen LogP contribution < -0.4 is 19.3 Å². The molecule has 36 heavy (non-hydrogen) atoms. The lowest BCUT2D eigenvalue weighted by Crippen LogP contribution is -2.37. The van der Waals surface area contributed by atoms with Crippen molar-refractivity contribution in [2.24, 2.45) is 0 Å². The first-order chi connectivity index (χ1) is 17.4. The van der Waals surface area contributed by atoms with E-state index in [9.17, 15) is 18.0 Å². The van der Waals surface area contributed by atoms with Crippen molar-refractivity contribution >= 4 is 17.8 Å². The monoisotopic (exact) mass is 501 g/mol. The van der Waals surface area contributed by atoms with Gasteiger partial charge in [0.1, 0.15) is 17.6 Å². The maximum absolute atomic E-state index is 13.5. The van der Waals surface area contributed by atoms with E-state index in [-0.39, 0.29) is 12.2 Å². The van der Waals surface area contributed by atoms with Crippen LogP contribution in [0.15, 0.2) is 31.0 Å². The van der Waals surface area contributed by atoms with Gasteiger partial charge in [-0.15, -0.1) is 0 Å². The summed E-state index contributed by atoms with van der Waals surface area (Å²) in [6.07, 6.45) is 3.34. The van der Waals surface area contributed by atoms with Gasteiger partial charge in [0, 0.05) is 38.3 Å². The average molecular weight is 501 g/mol. The molecule has 10 nitrogen and oxygen atoms in total. The molecule has 1 fully saturated rings. The lowest BCUT2D eigenvalue weighted by atomic mass is 10.1. The van der Waals surface area contributed by atoms with Crippen molar-refractivity contribution in [1.29, 1.82) is 0 Å². The number of nitrogens with zero attached hydrogens (tertiary/aromatic N) is 7. The first-order valence-electron chi connectivity index (χ1n) is 11.3. The van der Waals surface area contributed by atoms with E-state index in [4.69, 9.17) is 9.47 Å². The number of rotatable bonds is 6. The van der Waals surface area contributed by atoms with Gasteiger partial charge >= 0.3 is 6.18 Å². The third kappa shape index (κ3) is 4.48. The maximum atomic E-state index is 13.5. The van der Waals surface area contributed by atoms with E-state index < -0.39 is 23.8 Å². The topological polar surface area (TPSA) is 106 Å². The number of halogens is 3. The number of carbonyl (C=O) groups is 1. The average Bonchev–Trinajstić information content (AvgIpc) is 3.35. The first-order valence-corrected chi connectivity index (χ1v) is 11.3. The molecule has 2 aliphatic heterocycles. The van der Waals surface area contributed by atoms with Crippen LogP contribution in [0, 0.1) is 0 Å². The van der Waals surface area contributed by atoms with Crippen LogP contribution in [0.2, 0.25) is 0 Å². The van der Waals surface area contributed by atoms with E-state index in [1.807, 2.05) is 4.90 Å². The second kappa shape index (κ2) is 9.55. The van der Waals surface area contributed by atoms with Gasteiger partial charge in [0.2, 0.25) is 11.8 Å². The highest BCUT2D eigenvalue weighted by atomic mass is 19.4. The van der Waals surface area contributed by atoms with Gasteiger partial charge in [-0.05, 0) is 12.5 Å². The molecular weight excluding hydrogens is 479 g/mol. The zero-order valence-corrected chi connectivity index (χ0v) is 19.3. The minimum absolute atomic E-state index is 0.219. The van der Waals surface area contributed by atoms with Crippen LogP contribution in [-0.2, 0) is 19.1 Å². The summed E-state index contributed by atoms with van der Waals surface area (Å²) in [4.78, 5) is 36.0. The molecular formula is C23H22F3N7O3. The molecule has 13 heteroatoms. The molecule has 1 unspecified atom stereocenters. The molecule has 0 bridgehead atoms. The lowest BCUT2D eigenvalue weighted by Gasteiger charge is -2.32. The molecule has 5 heterocycles. The molecule has 0 N–H and O–H groups in total. The third-order valence-corrected chi connectivity index (χ3v) is 6.20. The molecule has 2 aliphatic rings. The Morgan fingerprint density at radius 2 is 1.92 bits per heavy atom. The Balaban J connectivity index is 1.42. The van der Waals surface area contributed by atoms with Gasteiger partial charge in [-0.2, -0.15) is 13.2 Å². The number of methoxy groups -OCH3 is 1. The van der Waals surface area contributed by atoms with Crippen molar-refractivity contribution in [2.75, 3.05) is 30.0 Å². The summed E-state index contributed by atoms with van der Waals surface area (Å²) in [5, 5.41) is 0. The van der Waals surface area contributed by atoms with Crippen LogP contribution >= 0.6 is 0 Å². The summed E-state index contributed by atoms with van der Waals surface area (Å²) in [5.41, 5.74) is 1.05. The minimum atomic E-state index is -4.61. The van der Waals surface area contributed by atoms with Crippen LogP contribution in [-0.4, -0.2) is 57.6 Å². The number of fused-ring (bicyclic) bond motifs is 1. The Morgan fingerprint density at radius 1 is 1.08 bits per heavy atom. The summed E-state index contributed by atoms with van der Waals surface area (Å²) >= 11 is 0. The van der Waals surface area contributed by atoms with Crippen LogP contribution in [0.4, 0.5) is 24.7 Å². The Kier molecular flexibility index (Phi) is 6.29. The fourth-order valence-electron chi connectivity index (χ4n) is 4.49. The lowest BCUT2D eigenvalue weighted by molar-refractivity contribution is -0.139. The highest BCUT2D eigenvalue weighted by Gasteiger charge is 2.37. The van der Waals surface area contributed by atoms with Crippen molar-refractivity contribution in [1.82, 2.24) is 24.9 Å². The molecule has 3 aromatic heterocycles. The smallest absolute Gasteiger partial charge is 0.421 e. The summed E-state index contributed by atoms with van der Waals surface area (Å²) in [6.45, 7) is 1.32. The Morgan fingerprint density at radius 3 is 2.69 bits per heavy atom. The summed E-state index contributed by atoms with van der Waals surface area (Å²) < 4.78 is 51.7. The summed E-state index contributed by atoms with van der Waals surface area (Å²) in [6, 6.07) is 1.04. The number of anilines is 2. The zero-order valence-electron chi connectivity index (χ0n) is 19.3. The van der Waals surface area contributed by atoms with E-state index >= 15 is 0 Å². The van der Waals surface area contributed by atoms with Crippen molar-refractivity contribution < 1.29 is 27.4 Å². The minimum Gasteiger partial charge on any atom is -0.481 e. The quantitative estimate of drug-likeness (QED) is 0.468. The number of hydrogen-bond donors (Lipinski definition) is 0. The standard InChI is InChI=1S/C23H22F3N7O3/c1-35-22-16(23(24,25)26)9-14(10-29-22)32-8-4-17-15(11-32)21(31-13-30-17)36-19-3-2-7-33(19)20-18(12-34)27-5-6-28-20/h5-6,9-10,12-13,19H,2-4,7-8,11H2,1H3. The predicted octanol–water partition coefficient (Wildman–Crippen LogP) is 3.07. The van der Waals surface area contributed by atoms with Crippen molar-refractivity contribution in [2.45, 2.75) is 38.2 Å². The van der Waals surface area contributed by atoms with Gasteiger partial charge in [0.15, 0.2) is 18.3 Å². The highest BCUT2D eigenvalue weighted by Crippen LogP contribution is 2.38. The molecule has 0 saturated carbocycles. The van der Waals surface area contributed by atoms with Gasteiger partial charge in [-0.3, -0.25) is 4.79 Å². The van der Waals surface area contributed by atoms with Crippen LogP contribution in [0.5, 0.6) is 11.8 Å². The number of aromatic nitrogens is 5. The van der Waals surface area contributed by atoms with E-state index in [1.54, 1.807) is 4.90 Å². The molecule has 188 valence electrons. The third-order valence-electron chi connectivity index (χ3n) is 6.20. The predicted molar refractivity (Wildman–Crippen MR) is 121 cm³/mol. The number of pyridine rings is 1. The molecule has 0 spiro atoms. The number of aldehydes is 1. The van der Waals surface area contributed by atoms with E-state index in [0.717, 1.165) is 25.3 Å². The fourth-order valence-corrected chi connectivity index (χ4v) is 4.49. The second-order valence-electron chi connectivity index (χ2n) is 8.31. The van der Waals surface area contributed by atoms with E-state index in [0.29, 0.717) is 55.2 Å². The van der Waals surface area contributed by atoms with Gasteiger partial charge in [0.25, 0.3) is 0 Å². The van der Waals surface area contributed by atoms with Crippen LogP contribution in [0.1, 0.15) is 40.2 Å². The van der Waals surface area contributed by atoms with Crippen molar-refractivity contribution in [3.05, 3.63) is 53.5 Å². The number of ether oxygens (including phenoxy) is 2. The number of hydrogen-bond acceptors (Lipinski definition) is 10. The molecule has 0 amide bonds. The molecule has 1 saturated heterocycles. The normalized spacial score (nSPS) is 17.6. The number of carbonyl (C=O) groups excluding carboxylic acids is 1. The molecule has 3 aromatic rings. The summed E-state index contributed by atoms with van der Waals surface area (Å²) in [7, 11) is 1.15. The molecule has 0 aromatic carbocycles. The maximum Gasteiger partial charge on any atom is 0.421 e. The van der Waals surface area contributed by atoms with Gasteiger partial charge in [0.05, 0.1) is 36.8 Å². The Bertz CT molecular complexity index is 1270. The largest absolute Gasteiger partial charge is 0.481 e. The second-order valence-corrected chi connectivity index (χ2v) is 8.31. The zero-order chi connectivity index (χ0) is 25.3. The fraction of sp³-hybridized carbons (Fsp3) is 0.391. The van der Waals surface area contributed by atoms with Gasteiger partial charge in [-0.1, -0.05) is 0 Å². The van der Waals surface area contributed by atoms with E-state index in [1.165, 1.54) is 24.9 Å². The SMILES string of the molecule is COc1ncc(N2CCc3ncnc(OC4CCCN4c4nccnc4C=O)c3C2)cc1C(F)(F)F. The number of alkyl halides is 3. The molecule has 1 atom stereocenters. The van der Waals surface area contributed by atoms with Crippen molar-refractivity contribution in [3.63, 3.8) is 0 Å². The molecule has 5 rings (SSSR count). The van der Waals surface area contributed by atoms with Crippen LogP contribution in [0.25, 0.3) is 0 Å². The first kappa shape index (κ1) is 23.7. The molecule has 0 radical (unpaired) electrons. The Hall–Kier alpha value is -4.03. The Labute approximate surface area is 204 Å². The van der Waals surface area contributed by atoms with Gasteiger partial charge < -0.3 is 19.3 Å².